The van der Waals surface area contributed by atoms with Crippen LogP contribution in [0.5, 0.6) is 0 Å². The van der Waals surface area contributed by atoms with Crippen molar-refractivity contribution in [3.8, 4) is 16.8 Å². The fourth-order valence-electron chi connectivity index (χ4n) is 4.69. The summed E-state index contributed by atoms with van der Waals surface area (Å²) in [5, 5.41) is 3.91. The molecule has 6 rings (SSSR count). The quantitative estimate of drug-likeness (QED) is 0.284. The third kappa shape index (κ3) is 4.35. The van der Waals surface area contributed by atoms with Gasteiger partial charge in [-0.3, -0.25) is 9.36 Å². The zero-order valence-corrected chi connectivity index (χ0v) is 20.7. The molecule has 10 heteroatoms. The Hall–Kier alpha value is -5.12. The van der Waals surface area contributed by atoms with Crippen molar-refractivity contribution in [3.05, 3.63) is 114 Å². The zero-order valence-electron chi connectivity index (χ0n) is 20.7. The summed E-state index contributed by atoms with van der Waals surface area (Å²) in [4.78, 5) is 35.0. The molecule has 8 nitrogen and oxygen atoms in total. The Morgan fingerprint density at radius 2 is 1.59 bits per heavy atom. The van der Waals surface area contributed by atoms with E-state index in [1.54, 1.807) is 30.3 Å². The fraction of sp³-hybridized carbons (Fsp3) is 0.103. The summed E-state index contributed by atoms with van der Waals surface area (Å²) in [5.74, 6) is 0.274. The van der Waals surface area contributed by atoms with Crippen LogP contribution in [0.25, 0.3) is 38.6 Å². The van der Waals surface area contributed by atoms with Gasteiger partial charge in [0.2, 0.25) is 0 Å². The molecule has 0 aliphatic carbocycles. The lowest BCUT2D eigenvalue weighted by atomic mass is 10.0. The van der Waals surface area contributed by atoms with Crippen molar-refractivity contribution in [1.82, 2.24) is 29.5 Å². The van der Waals surface area contributed by atoms with Gasteiger partial charge in [0.05, 0.1) is 33.5 Å². The predicted octanol–water partition coefficient (Wildman–Crippen LogP) is 5.63. The highest BCUT2D eigenvalue weighted by molar-refractivity contribution is 5.94. The van der Waals surface area contributed by atoms with Crippen LogP contribution < -0.4 is 10.9 Å². The Morgan fingerprint density at radius 1 is 0.846 bits per heavy atom. The number of benzene rings is 3. The highest BCUT2D eigenvalue weighted by atomic mass is 19.1. The van der Waals surface area contributed by atoms with Crippen LogP contribution in [0.1, 0.15) is 25.2 Å². The molecule has 6 aromatic rings. The number of rotatable bonds is 6. The van der Waals surface area contributed by atoms with Crippen LogP contribution in [-0.4, -0.2) is 29.5 Å². The molecule has 0 amide bonds. The maximum Gasteiger partial charge on any atom is 0.308 e. The van der Waals surface area contributed by atoms with Gasteiger partial charge in [-0.15, -0.1) is 0 Å². The molecule has 0 spiro atoms. The van der Waals surface area contributed by atoms with Crippen LogP contribution in [0.15, 0.2) is 90.2 Å². The third-order valence-corrected chi connectivity index (χ3v) is 6.51. The van der Waals surface area contributed by atoms with Gasteiger partial charge >= 0.3 is 6.08 Å². The highest BCUT2D eigenvalue weighted by Crippen LogP contribution is 2.30. The normalized spacial score (nSPS) is 12.1. The molecule has 0 saturated heterocycles. The first-order valence-electron chi connectivity index (χ1n) is 12.3. The van der Waals surface area contributed by atoms with Crippen LogP contribution in [0.2, 0.25) is 0 Å². The minimum absolute atomic E-state index is 0.256. The van der Waals surface area contributed by atoms with E-state index in [9.17, 15) is 13.6 Å². The van der Waals surface area contributed by atoms with Gasteiger partial charge in [0.1, 0.15) is 23.8 Å². The van der Waals surface area contributed by atoms with Gasteiger partial charge in [-0.2, -0.15) is 4.39 Å². The molecular weight excluding hydrogens is 500 g/mol. The van der Waals surface area contributed by atoms with Crippen molar-refractivity contribution in [2.45, 2.75) is 19.4 Å². The topological polar surface area (TPSA) is 98.5 Å². The van der Waals surface area contributed by atoms with Crippen LogP contribution in [0, 0.1) is 11.9 Å². The molecule has 3 heterocycles. The molecule has 0 radical (unpaired) electrons. The van der Waals surface area contributed by atoms with Crippen molar-refractivity contribution in [3.63, 3.8) is 0 Å². The maximum atomic E-state index is 14.8. The van der Waals surface area contributed by atoms with E-state index in [1.165, 1.54) is 29.4 Å². The number of anilines is 1. The van der Waals surface area contributed by atoms with Gasteiger partial charge in [0, 0.05) is 18.0 Å². The second kappa shape index (κ2) is 9.97. The molecule has 1 N–H and O–H groups in total. The van der Waals surface area contributed by atoms with Crippen molar-refractivity contribution >= 4 is 27.6 Å². The number of para-hydroxylation sites is 1. The summed E-state index contributed by atoms with van der Waals surface area (Å²) < 4.78 is 29.8. The fourth-order valence-corrected chi connectivity index (χ4v) is 4.69. The Balaban J connectivity index is 1.59. The minimum Gasteiger partial charge on any atom is -0.359 e. The lowest BCUT2D eigenvalue weighted by molar-refractivity contribution is 0.539. The van der Waals surface area contributed by atoms with Gasteiger partial charge < -0.3 is 5.32 Å². The van der Waals surface area contributed by atoms with E-state index in [0.717, 1.165) is 0 Å². The van der Waals surface area contributed by atoms with E-state index < -0.39 is 17.9 Å². The van der Waals surface area contributed by atoms with Crippen LogP contribution in [0.3, 0.4) is 0 Å². The standard InChI is InChI=1S/C29H21F2N7O/c1-2-21(36-26-25-20(30)11-7-12-22(25)34-16-35-26)27-37-23-13-6-10-19(17-14-32-29(31)33-15-17)24(23)28(39)38(27)18-8-4-3-5-9-18/h3-16,21H,2H2,1H3,(H,34,35,36). The number of nitrogens with one attached hydrogen (secondary N) is 1. The Kier molecular flexibility index (Phi) is 6.20. The molecule has 0 bridgehead atoms. The van der Waals surface area contributed by atoms with Gasteiger partial charge in [0.15, 0.2) is 0 Å². The van der Waals surface area contributed by atoms with Crippen LogP contribution in [0.4, 0.5) is 14.6 Å². The van der Waals surface area contributed by atoms with Gasteiger partial charge in [-0.1, -0.05) is 43.3 Å². The summed E-state index contributed by atoms with van der Waals surface area (Å²) >= 11 is 0. The Labute approximate surface area is 221 Å². The molecule has 0 aliphatic rings. The monoisotopic (exact) mass is 521 g/mol. The van der Waals surface area contributed by atoms with Gasteiger partial charge in [-0.05, 0) is 42.3 Å². The summed E-state index contributed by atoms with van der Waals surface area (Å²) in [7, 11) is 0. The van der Waals surface area contributed by atoms with Crippen molar-refractivity contribution in [2.75, 3.05) is 5.32 Å². The molecule has 3 aromatic carbocycles. The lowest BCUT2D eigenvalue weighted by Crippen LogP contribution is -2.28. The van der Waals surface area contributed by atoms with Crippen molar-refractivity contribution in [1.29, 1.82) is 0 Å². The molecule has 3 aromatic heterocycles. The molecule has 0 fully saturated rings. The van der Waals surface area contributed by atoms with Gasteiger partial charge in [0.25, 0.3) is 5.56 Å². The molecule has 1 atom stereocenters. The largest absolute Gasteiger partial charge is 0.359 e. The molecular formula is C29H21F2N7O. The number of aromatic nitrogens is 6. The average Bonchev–Trinajstić information content (AvgIpc) is 2.96. The highest BCUT2D eigenvalue weighted by Gasteiger charge is 2.23. The van der Waals surface area contributed by atoms with Crippen molar-refractivity contribution in [2.24, 2.45) is 0 Å². The van der Waals surface area contributed by atoms with E-state index in [-0.39, 0.29) is 10.9 Å². The SMILES string of the molecule is CCC(Nc1ncnc2cccc(F)c12)c1nc2cccc(-c3cnc(F)nc3)c2c(=O)n1-c1ccccc1. The van der Waals surface area contributed by atoms with Crippen LogP contribution >= 0.6 is 0 Å². The number of fused-ring (bicyclic) bond motifs is 2. The molecule has 0 saturated carbocycles. The smallest absolute Gasteiger partial charge is 0.308 e. The molecule has 0 aliphatic heterocycles. The third-order valence-electron chi connectivity index (χ3n) is 6.51. The summed E-state index contributed by atoms with van der Waals surface area (Å²) in [6.45, 7) is 1.94. The zero-order chi connectivity index (χ0) is 26.9. The summed E-state index contributed by atoms with van der Waals surface area (Å²) in [6, 6.07) is 18.6. The first-order chi connectivity index (χ1) is 19.0. The van der Waals surface area contributed by atoms with Crippen molar-refractivity contribution < 1.29 is 8.78 Å². The molecule has 1 unspecified atom stereocenters. The number of nitrogens with zero attached hydrogens (tertiary/aromatic N) is 6. The lowest BCUT2D eigenvalue weighted by Gasteiger charge is -2.23. The number of hydrogen-bond donors (Lipinski definition) is 1. The Morgan fingerprint density at radius 3 is 2.36 bits per heavy atom. The maximum absolute atomic E-state index is 14.8. The summed E-state index contributed by atoms with van der Waals surface area (Å²) in [5.41, 5.74) is 2.21. The van der Waals surface area contributed by atoms with E-state index in [0.29, 0.717) is 51.3 Å². The minimum atomic E-state index is -0.855. The van der Waals surface area contributed by atoms with E-state index in [2.05, 4.69) is 25.3 Å². The van der Waals surface area contributed by atoms with E-state index >= 15 is 0 Å². The number of hydrogen-bond acceptors (Lipinski definition) is 7. The molecule has 192 valence electrons. The first kappa shape index (κ1) is 24.2. The van der Waals surface area contributed by atoms with Crippen LogP contribution in [-0.2, 0) is 0 Å². The van der Waals surface area contributed by atoms with Gasteiger partial charge in [-0.25, -0.2) is 29.3 Å². The molecule has 39 heavy (non-hydrogen) atoms. The summed E-state index contributed by atoms with van der Waals surface area (Å²) in [6.07, 6.45) is 3.69. The first-order valence-corrected chi connectivity index (χ1v) is 12.3. The van der Waals surface area contributed by atoms with E-state index in [4.69, 9.17) is 4.98 Å². The second-order valence-corrected chi connectivity index (χ2v) is 8.85. The number of halogens is 2. The van der Waals surface area contributed by atoms with E-state index in [1.807, 2.05) is 37.3 Å². The Bertz CT molecular complexity index is 1870. The second-order valence-electron chi connectivity index (χ2n) is 8.85. The predicted molar refractivity (Wildman–Crippen MR) is 144 cm³/mol. The average molecular weight is 522 g/mol.